The third kappa shape index (κ3) is 3.60. The van der Waals surface area contributed by atoms with Crippen molar-refractivity contribution in [2.75, 3.05) is 6.61 Å². The maximum absolute atomic E-state index is 12.2. The Bertz CT molecular complexity index is 639. The Balaban J connectivity index is 2.09. The van der Waals surface area contributed by atoms with Gasteiger partial charge in [0.1, 0.15) is 5.75 Å². The van der Waals surface area contributed by atoms with Crippen LogP contribution in [0.5, 0.6) is 5.75 Å². The second kappa shape index (κ2) is 6.88. The van der Waals surface area contributed by atoms with Crippen LogP contribution in [0.25, 0.3) is 6.08 Å². The molecule has 4 heteroatoms. The van der Waals surface area contributed by atoms with Crippen molar-refractivity contribution in [3.8, 4) is 5.75 Å². The molecule has 1 aromatic heterocycles. The summed E-state index contributed by atoms with van der Waals surface area (Å²) in [5.41, 5.74) is 2.52. The number of allylic oxidation sites excluding steroid dienone is 1. The number of carbonyl (C=O) groups is 1. The second-order valence-corrected chi connectivity index (χ2v) is 4.66. The molecule has 0 spiro atoms. The molecule has 0 radical (unpaired) electrons. The zero-order chi connectivity index (χ0) is 15.2. The van der Waals surface area contributed by atoms with Crippen LogP contribution in [0.15, 0.2) is 36.5 Å². The SMILES string of the molecule is CCOc1ccc(/C=C/C(=O)c2cnn(CC)c2C)cc1. The number of ketones is 1. The first-order valence-corrected chi connectivity index (χ1v) is 7.13. The number of rotatable bonds is 6. The van der Waals surface area contributed by atoms with Crippen LogP contribution in [0.4, 0.5) is 0 Å². The minimum absolute atomic E-state index is 0.0268. The van der Waals surface area contributed by atoms with Gasteiger partial charge in [0.2, 0.25) is 0 Å². The predicted molar refractivity (Wildman–Crippen MR) is 83.6 cm³/mol. The van der Waals surface area contributed by atoms with Crippen molar-refractivity contribution >= 4 is 11.9 Å². The van der Waals surface area contributed by atoms with Crippen molar-refractivity contribution in [2.24, 2.45) is 0 Å². The average Bonchev–Trinajstić information content (AvgIpc) is 2.87. The van der Waals surface area contributed by atoms with E-state index in [1.807, 2.05) is 49.7 Å². The number of ether oxygens (including phenoxy) is 1. The molecule has 0 bridgehead atoms. The van der Waals surface area contributed by atoms with E-state index in [0.717, 1.165) is 23.6 Å². The fourth-order valence-corrected chi connectivity index (χ4v) is 2.11. The van der Waals surface area contributed by atoms with Gasteiger partial charge in [-0.15, -0.1) is 0 Å². The Kier molecular flexibility index (Phi) is 4.93. The highest BCUT2D eigenvalue weighted by atomic mass is 16.5. The van der Waals surface area contributed by atoms with Gasteiger partial charge in [0.25, 0.3) is 0 Å². The number of benzene rings is 1. The van der Waals surface area contributed by atoms with Crippen molar-refractivity contribution in [1.29, 1.82) is 0 Å². The first-order valence-electron chi connectivity index (χ1n) is 7.13. The molecule has 2 rings (SSSR count). The van der Waals surface area contributed by atoms with Crippen LogP contribution in [0, 0.1) is 6.92 Å². The summed E-state index contributed by atoms with van der Waals surface area (Å²) in [6, 6.07) is 7.65. The molecular weight excluding hydrogens is 264 g/mol. The van der Waals surface area contributed by atoms with Gasteiger partial charge in [-0.2, -0.15) is 5.10 Å². The molecule has 110 valence electrons. The van der Waals surface area contributed by atoms with Crippen LogP contribution < -0.4 is 4.74 Å². The molecule has 21 heavy (non-hydrogen) atoms. The fourth-order valence-electron chi connectivity index (χ4n) is 2.11. The van der Waals surface area contributed by atoms with E-state index in [1.54, 1.807) is 18.3 Å². The zero-order valence-corrected chi connectivity index (χ0v) is 12.7. The van der Waals surface area contributed by atoms with E-state index in [0.29, 0.717) is 12.2 Å². The molecule has 0 aliphatic carbocycles. The molecule has 0 amide bonds. The summed E-state index contributed by atoms with van der Waals surface area (Å²) in [7, 11) is 0. The lowest BCUT2D eigenvalue weighted by Gasteiger charge is -2.02. The number of hydrogen-bond acceptors (Lipinski definition) is 3. The van der Waals surface area contributed by atoms with Gasteiger partial charge < -0.3 is 4.74 Å². The predicted octanol–water partition coefficient (Wildman–Crippen LogP) is 3.51. The molecule has 1 heterocycles. The van der Waals surface area contributed by atoms with Gasteiger partial charge in [0.15, 0.2) is 5.78 Å². The van der Waals surface area contributed by atoms with Gasteiger partial charge in [-0.3, -0.25) is 9.48 Å². The van der Waals surface area contributed by atoms with Crippen LogP contribution >= 0.6 is 0 Å². The molecule has 4 nitrogen and oxygen atoms in total. The molecule has 0 aliphatic rings. The van der Waals surface area contributed by atoms with E-state index in [1.165, 1.54) is 0 Å². The Morgan fingerprint density at radius 1 is 1.29 bits per heavy atom. The minimum Gasteiger partial charge on any atom is -0.494 e. The molecule has 0 atom stereocenters. The number of aryl methyl sites for hydroxylation is 1. The molecule has 0 fully saturated rings. The first-order chi connectivity index (χ1) is 10.2. The number of nitrogens with zero attached hydrogens (tertiary/aromatic N) is 2. The summed E-state index contributed by atoms with van der Waals surface area (Å²) in [5, 5.41) is 4.19. The highest BCUT2D eigenvalue weighted by Crippen LogP contribution is 2.14. The standard InChI is InChI=1S/C17H20N2O2/c1-4-19-13(3)16(12-18-19)17(20)11-8-14-6-9-15(10-7-14)21-5-2/h6-12H,4-5H2,1-3H3/b11-8+. The third-order valence-electron chi connectivity index (χ3n) is 3.29. The monoisotopic (exact) mass is 284 g/mol. The maximum atomic E-state index is 12.2. The molecule has 0 saturated carbocycles. The first kappa shape index (κ1) is 15.0. The maximum Gasteiger partial charge on any atom is 0.189 e. The van der Waals surface area contributed by atoms with E-state index in [-0.39, 0.29) is 5.78 Å². The normalized spacial score (nSPS) is 11.0. The van der Waals surface area contributed by atoms with Gasteiger partial charge >= 0.3 is 0 Å². The van der Waals surface area contributed by atoms with Crippen LogP contribution in [0.3, 0.4) is 0 Å². The lowest BCUT2D eigenvalue weighted by Crippen LogP contribution is -2.01. The molecule has 2 aromatic rings. The molecule has 1 aromatic carbocycles. The van der Waals surface area contributed by atoms with Crippen molar-refractivity contribution in [3.63, 3.8) is 0 Å². The van der Waals surface area contributed by atoms with Crippen LogP contribution in [-0.2, 0) is 6.54 Å². The summed E-state index contributed by atoms with van der Waals surface area (Å²) >= 11 is 0. The lowest BCUT2D eigenvalue weighted by molar-refractivity contribution is 0.104. The summed E-state index contributed by atoms with van der Waals surface area (Å²) < 4.78 is 7.20. The van der Waals surface area contributed by atoms with Gasteiger partial charge in [-0.05, 0) is 44.5 Å². The van der Waals surface area contributed by atoms with Crippen molar-refractivity contribution in [1.82, 2.24) is 9.78 Å². The smallest absolute Gasteiger partial charge is 0.189 e. The van der Waals surface area contributed by atoms with Crippen LogP contribution in [-0.4, -0.2) is 22.2 Å². The van der Waals surface area contributed by atoms with Crippen molar-refractivity contribution < 1.29 is 9.53 Å². The van der Waals surface area contributed by atoms with Crippen molar-refractivity contribution in [2.45, 2.75) is 27.3 Å². The van der Waals surface area contributed by atoms with Gasteiger partial charge in [0.05, 0.1) is 18.4 Å². The average molecular weight is 284 g/mol. The summed E-state index contributed by atoms with van der Waals surface area (Å²) in [4.78, 5) is 12.2. The van der Waals surface area contributed by atoms with Gasteiger partial charge in [-0.1, -0.05) is 18.2 Å². The summed E-state index contributed by atoms with van der Waals surface area (Å²) in [6.45, 7) is 7.28. The second-order valence-electron chi connectivity index (χ2n) is 4.66. The summed E-state index contributed by atoms with van der Waals surface area (Å²) in [5.74, 6) is 0.808. The lowest BCUT2D eigenvalue weighted by atomic mass is 10.1. The molecular formula is C17H20N2O2. The van der Waals surface area contributed by atoms with E-state index in [4.69, 9.17) is 4.74 Å². The summed E-state index contributed by atoms with van der Waals surface area (Å²) in [6.07, 6.45) is 5.02. The van der Waals surface area contributed by atoms with E-state index in [9.17, 15) is 4.79 Å². The molecule has 0 unspecified atom stereocenters. The van der Waals surface area contributed by atoms with E-state index in [2.05, 4.69) is 5.10 Å². The largest absolute Gasteiger partial charge is 0.494 e. The number of carbonyl (C=O) groups excluding carboxylic acids is 1. The minimum atomic E-state index is -0.0268. The van der Waals surface area contributed by atoms with Crippen molar-refractivity contribution in [3.05, 3.63) is 53.4 Å². The fraction of sp³-hybridized carbons (Fsp3) is 0.294. The van der Waals surface area contributed by atoms with Gasteiger partial charge in [0, 0.05) is 12.2 Å². The Morgan fingerprint density at radius 2 is 2.00 bits per heavy atom. The van der Waals surface area contributed by atoms with Crippen LogP contribution in [0.2, 0.25) is 0 Å². The van der Waals surface area contributed by atoms with E-state index < -0.39 is 0 Å². The number of hydrogen-bond donors (Lipinski definition) is 0. The quantitative estimate of drug-likeness (QED) is 0.602. The highest BCUT2D eigenvalue weighted by Gasteiger charge is 2.10. The molecule has 0 saturated heterocycles. The zero-order valence-electron chi connectivity index (χ0n) is 12.7. The Morgan fingerprint density at radius 3 is 2.57 bits per heavy atom. The van der Waals surface area contributed by atoms with Crippen LogP contribution in [0.1, 0.15) is 35.5 Å². The molecule has 0 N–H and O–H groups in total. The van der Waals surface area contributed by atoms with Gasteiger partial charge in [-0.25, -0.2) is 0 Å². The Labute approximate surface area is 125 Å². The Hall–Kier alpha value is -2.36. The number of aromatic nitrogens is 2. The molecule has 0 aliphatic heterocycles. The highest BCUT2D eigenvalue weighted by molar-refractivity contribution is 6.07. The third-order valence-corrected chi connectivity index (χ3v) is 3.29. The van der Waals surface area contributed by atoms with E-state index >= 15 is 0 Å². The topological polar surface area (TPSA) is 44.1 Å².